The molecule has 428 valence electrons. The van der Waals surface area contributed by atoms with E-state index in [1.807, 2.05) is 0 Å². The number of carboxylic acids is 2. The van der Waals surface area contributed by atoms with E-state index >= 15 is 0 Å². The molecular formula is C44H50N8O21S6. The Hall–Kier alpha value is -7.90. The van der Waals surface area contributed by atoms with Crippen molar-refractivity contribution in [2.45, 2.75) is 13.8 Å². The van der Waals surface area contributed by atoms with Gasteiger partial charge in [-0.1, -0.05) is 48.0 Å². The van der Waals surface area contributed by atoms with Crippen LogP contribution in [-0.4, -0.2) is 172 Å². The van der Waals surface area contributed by atoms with Gasteiger partial charge in [0, 0.05) is 35.0 Å². The van der Waals surface area contributed by atoms with Gasteiger partial charge in [0.05, 0.1) is 88.4 Å². The van der Waals surface area contributed by atoms with Crippen molar-refractivity contribution in [2.24, 2.45) is 0 Å². The van der Waals surface area contributed by atoms with Gasteiger partial charge in [0.1, 0.15) is 32.9 Å². The lowest BCUT2D eigenvalue weighted by Crippen LogP contribution is -2.33. The molecule has 79 heavy (non-hydrogen) atoms. The molecule has 0 atom stereocenters. The number of carbonyl (C=O) groups is 8. The third-order valence-corrected chi connectivity index (χ3v) is 13.9. The Balaban J connectivity index is 0.000000520. The van der Waals surface area contributed by atoms with E-state index in [0.717, 1.165) is 56.0 Å². The lowest BCUT2D eigenvalue weighted by atomic mass is 10.2. The minimum absolute atomic E-state index is 0. The van der Waals surface area contributed by atoms with Crippen molar-refractivity contribution >= 4 is 160 Å². The van der Waals surface area contributed by atoms with Crippen molar-refractivity contribution in [3.8, 4) is 34.5 Å². The van der Waals surface area contributed by atoms with Crippen LogP contribution in [0, 0.1) is 0 Å². The van der Waals surface area contributed by atoms with Gasteiger partial charge >= 0.3 is 35.9 Å². The van der Waals surface area contributed by atoms with Gasteiger partial charge in [-0.2, -0.15) is 0 Å². The largest absolute Gasteiger partial charge is 0.493 e. The van der Waals surface area contributed by atoms with E-state index in [9.17, 15) is 38.4 Å². The topological polar surface area (TPSA) is 426 Å². The molecule has 2 aliphatic heterocycles. The number of aromatic nitrogens is 2. The van der Waals surface area contributed by atoms with Crippen LogP contribution in [-0.2, 0) is 38.2 Å². The quantitative estimate of drug-likeness (QED) is 0.0418. The van der Waals surface area contributed by atoms with Crippen molar-refractivity contribution in [3.63, 3.8) is 0 Å². The number of anilines is 4. The van der Waals surface area contributed by atoms with Crippen molar-refractivity contribution in [2.75, 3.05) is 90.2 Å². The molecule has 0 unspecified atom stereocenters. The van der Waals surface area contributed by atoms with Crippen LogP contribution in [0.1, 0.15) is 25.2 Å². The molecule has 0 aliphatic carbocycles. The van der Waals surface area contributed by atoms with Crippen LogP contribution in [0.25, 0.3) is 11.1 Å². The summed E-state index contributed by atoms with van der Waals surface area (Å²) < 4.78 is 41.8. The SMILES string of the molecule is CCOC(=O)C(=C1SC(=S)N(CC(=O)O)C1=O)c1csc(NC(=O)Nc2cc(OC)c(OC)c(OC)c2)n1.CCOC(=O)C(=C1SC(=S)N(CC(=O)O)C1=O)c1csc(NC(=O)Nc2cc(OC)c(OC)c(OC)c2)n1.O.O.O. The molecular weight excluding hydrogens is 1170 g/mol. The average Bonchev–Trinajstić information content (AvgIpc) is 4.15. The van der Waals surface area contributed by atoms with Crippen LogP contribution in [0.4, 0.5) is 31.2 Å². The molecule has 2 aromatic carbocycles. The van der Waals surface area contributed by atoms with Crippen LogP contribution in [0.3, 0.4) is 0 Å². The van der Waals surface area contributed by atoms with E-state index in [1.54, 1.807) is 13.8 Å². The first-order valence-corrected chi connectivity index (χ1v) is 25.5. The molecule has 4 heterocycles. The van der Waals surface area contributed by atoms with E-state index in [-0.39, 0.29) is 80.9 Å². The monoisotopic (exact) mass is 1220 g/mol. The number of carbonyl (C=O) groups excluding carboxylic acids is 6. The predicted octanol–water partition coefficient (Wildman–Crippen LogP) is 3.59. The molecule has 0 radical (unpaired) electrons. The summed E-state index contributed by atoms with van der Waals surface area (Å²) in [5.41, 5.74) is 0.392. The van der Waals surface area contributed by atoms with Crippen LogP contribution in [0.2, 0.25) is 0 Å². The molecule has 12 N–H and O–H groups in total. The van der Waals surface area contributed by atoms with Crippen molar-refractivity contribution in [1.29, 1.82) is 0 Å². The Bertz CT molecular complexity index is 2810. The summed E-state index contributed by atoms with van der Waals surface area (Å²) in [6.07, 6.45) is 0. The molecule has 2 aromatic heterocycles. The van der Waals surface area contributed by atoms with Gasteiger partial charge < -0.3 is 75.2 Å². The highest BCUT2D eigenvalue weighted by Gasteiger charge is 2.40. The van der Waals surface area contributed by atoms with Crippen molar-refractivity contribution in [3.05, 3.63) is 56.2 Å². The van der Waals surface area contributed by atoms with E-state index in [1.165, 1.54) is 77.7 Å². The molecule has 6 amide bonds. The minimum atomic E-state index is -1.27. The third-order valence-electron chi connectivity index (χ3n) is 9.51. The Morgan fingerprint density at radius 1 is 0.544 bits per heavy atom. The number of benzene rings is 2. The smallest absolute Gasteiger partial charge is 0.341 e. The fourth-order valence-corrected chi connectivity index (χ4v) is 10.4. The molecule has 6 rings (SSSR count). The van der Waals surface area contributed by atoms with Crippen molar-refractivity contribution in [1.82, 2.24) is 19.8 Å². The zero-order valence-electron chi connectivity index (χ0n) is 42.5. The zero-order chi connectivity index (χ0) is 56.0. The molecule has 0 saturated carbocycles. The highest BCUT2D eigenvalue weighted by atomic mass is 32.2. The number of nitrogens with one attached hydrogen (secondary N) is 4. The summed E-state index contributed by atoms with van der Waals surface area (Å²) >= 11 is 13.8. The number of thiocarbonyl (C=S) groups is 2. The fraction of sp³-hybridized carbons (Fsp3) is 0.273. The fourth-order valence-electron chi connectivity index (χ4n) is 6.39. The van der Waals surface area contributed by atoms with Gasteiger partial charge in [-0.25, -0.2) is 29.1 Å². The second kappa shape index (κ2) is 30.9. The number of methoxy groups -OCH3 is 6. The number of aliphatic carboxylic acids is 2. The standard InChI is InChI=1S/2C22H22N4O9S3.3H2O/c2*1-5-35-19(30)15(17-18(29)26(8-14(27)28)22(36)38-17)11-9-37-21(24-11)25-20(31)23-10-6-12(32-2)16(34-4)13(7-10)33-3;;;/h2*6-7,9H,5,8H2,1-4H3,(H,27,28)(H2,23,24,25,31);3*1H2. The number of thioether (sulfide) groups is 2. The van der Waals surface area contributed by atoms with Gasteiger partial charge in [0.15, 0.2) is 33.3 Å². The van der Waals surface area contributed by atoms with Crippen LogP contribution in [0.5, 0.6) is 34.5 Å². The normalized spacial score (nSPS) is 13.6. The molecule has 35 heteroatoms. The highest BCUT2D eigenvalue weighted by molar-refractivity contribution is 8.27. The number of urea groups is 2. The summed E-state index contributed by atoms with van der Waals surface area (Å²) in [4.78, 5) is 109. The molecule has 0 spiro atoms. The van der Waals surface area contributed by atoms with Gasteiger partial charge in [0.25, 0.3) is 11.8 Å². The number of ether oxygens (including phenoxy) is 8. The number of amides is 6. The zero-order valence-corrected chi connectivity index (χ0v) is 47.4. The Labute approximate surface area is 474 Å². The third kappa shape index (κ3) is 16.6. The van der Waals surface area contributed by atoms with E-state index < -0.39 is 60.8 Å². The number of thiazole rings is 2. The first-order chi connectivity index (χ1) is 36.2. The van der Waals surface area contributed by atoms with E-state index in [4.69, 9.17) is 72.5 Å². The number of esters is 2. The number of nitrogens with zero attached hydrogens (tertiary/aromatic N) is 4. The van der Waals surface area contributed by atoms with E-state index in [0.29, 0.717) is 45.9 Å². The molecule has 0 bridgehead atoms. The lowest BCUT2D eigenvalue weighted by Gasteiger charge is -2.14. The number of carboxylic acid groups (broad SMARTS) is 2. The minimum Gasteiger partial charge on any atom is -0.493 e. The number of hydrogen-bond acceptors (Lipinski definition) is 24. The lowest BCUT2D eigenvalue weighted by molar-refractivity contribution is -0.140. The maximum atomic E-state index is 12.9. The van der Waals surface area contributed by atoms with Crippen LogP contribution >= 0.6 is 70.6 Å². The summed E-state index contributed by atoms with van der Waals surface area (Å²) in [6, 6.07) is 4.81. The Morgan fingerprint density at radius 3 is 1.13 bits per heavy atom. The summed E-state index contributed by atoms with van der Waals surface area (Å²) in [5, 5.41) is 31.6. The summed E-state index contributed by atoms with van der Waals surface area (Å²) in [5.74, 6) is -3.70. The van der Waals surface area contributed by atoms with Gasteiger partial charge in [-0.15, -0.1) is 22.7 Å². The van der Waals surface area contributed by atoms with Gasteiger partial charge in [-0.3, -0.25) is 39.6 Å². The first-order valence-electron chi connectivity index (χ1n) is 21.3. The summed E-state index contributed by atoms with van der Waals surface area (Å²) in [7, 11) is 8.66. The first kappa shape index (κ1) is 67.2. The van der Waals surface area contributed by atoms with Crippen LogP contribution in [0.15, 0.2) is 44.8 Å². The number of hydrogen-bond donors (Lipinski definition) is 6. The van der Waals surface area contributed by atoms with Crippen molar-refractivity contribution < 1.29 is 103 Å². The van der Waals surface area contributed by atoms with Gasteiger partial charge in [0.2, 0.25) is 11.5 Å². The molecule has 2 fully saturated rings. The second-order valence-electron chi connectivity index (χ2n) is 14.2. The average molecular weight is 1220 g/mol. The second-order valence-corrected chi connectivity index (χ2v) is 19.2. The number of rotatable bonds is 20. The van der Waals surface area contributed by atoms with Gasteiger partial charge in [-0.05, 0) is 13.8 Å². The maximum Gasteiger partial charge on any atom is 0.341 e. The predicted molar refractivity (Wildman–Crippen MR) is 299 cm³/mol. The Kier molecular flexibility index (Phi) is 26.3. The molecule has 29 nitrogen and oxygen atoms in total. The highest BCUT2D eigenvalue weighted by Crippen LogP contribution is 2.43. The van der Waals surface area contributed by atoms with E-state index in [2.05, 4.69) is 31.2 Å². The Morgan fingerprint density at radius 2 is 0.861 bits per heavy atom. The molecule has 2 saturated heterocycles. The summed E-state index contributed by atoms with van der Waals surface area (Å²) in [6.45, 7) is 1.90. The maximum absolute atomic E-state index is 12.9. The van der Waals surface area contributed by atoms with Crippen LogP contribution < -0.4 is 49.7 Å². The molecule has 4 aromatic rings. The molecule has 2 aliphatic rings.